The second-order valence-electron chi connectivity index (χ2n) is 6.71. The molecule has 3 aromatic rings. The van der Waals surface area contributed by atoms with Gasteiger partial charge in [-0.05, 0) is 30.2 Å². The lowest BCUT2D eigenvalue weighted by Crippen LogP contribution is -2.25. The molecule has 26 heavy (non-hydrogen) atoms. The molecule has 1 unspecified atom stereocenters. The summed E-state index contributed by atoms with van der Waals surface area (Å²) in [5, 5.41) is 20.4. The van der Waals surface area contributed by atoms with E-state index in [1.807, 2.05) is 24.3 Å². The van der Waals surface area contributed by atoms with Crippen LogP contribution in [-0.2, 0) is 4.74 Å². The number of anilines is 1. The SMILES string of the molecule is CC(C)c1cc(-c2n[nH]c3cc4c(cc23)C(CCO)OC(=O)N4)ccn1. The average Bonchev–Trinajstić information content (AvgIpc) is 3.03. The minimum atomic E-state index is -0.509. The Labute approximate surface area is 150 Å². The topological polar surface area (TPSA) is 100 Å². The number of H-pyrrole nitrogens is 1. The molecular formula is C19H20N4O3. The molecule has 3 N–H and O–H groups in total. The van der Waals surface area contributed by atoms with Crippen LogP contribution in [0.4, 0.5) is 10.5 Å². The van der Waals surface area contributed by atoms with Gasteiger partial charge in [0.15, 0.2) is 0 Å². The summed E-state index contributed by atoms with van der Waals surface area (Å²) in [4.78, 5) is 16.1. The van der Waals surface area contributed by atoms with Crippen molar-refractivity contribution in [3.63, 3.8) is 0 Å². The number of aromatic nitrogens is 3. The number of nitrogens with one attached hydrogen (secondary N) is 2. The number of hydrogen-bond acceptors (Lipinski definition) is 5. The van der Waals surface area contributed by atoms with Crippen LogP contribution in [0.3, 0.4) is 0 Å². The number of fused-ring (bicyclic) bond motifs is 2. The normalized spacial score (nSPS) is 16.5. The fourth-order valence-corrected chi connectivity index (χ4v) is 3.25. The predicted molar refractivity (Wildman–Crippen MR) is 98.0 cm³/mol. The lowest BCUT2D eigenvalue weighted by Gasteiger charge is -2.25. The molecular weight excluding hydrogens is 332 g/mol. The number of carbonyl (C=O) groups excluding carboxylic acids is 1. The molecule has 7 heteroatoms. The number of nitrogens with zero attached hydrogens (tertiary/aromatic N) is 2. The maximum atomic E-state index is 11.7. The van der Waals surface area contributed by atoms with Crippen molar-refractivity contribution in [2.75, 3.05) is 11.9 Å². The molecule has 134 valence electrons. The van der Waals surface area contributed by atoms with E-state index in [0.717, 1.165) is 33.4 Å². The van der Waals surface area contributed by atoms with Crippen LogP contribution in [-0.4, -0.2) is 33.0 Å². The van der Waals surface area contributed by atoms with E-state index in [-0.39, 0.29) is 6.61 Å². The summed E-state index contributed by atoms with van der Waals surface area (Å²) in [6.45, 7) is 4.14. The largest absolute Gasteiger partial charge is 0.441 e. The fraction of sp³-hybridized carbons (Fsp3) is 0.316. The highest BCUT2D eigenvalue weighted by atomic mass is 16.6. The zero-order chi connectivity index (χ0) is 18.3. The summed E-state index contributed by atoms with van der Waals surface area (Å²) in [6.07, 6.45) is 1.16. The number of aliphatic hydroxyl groups excluding tert-OH is 1. The lowest BCUT2D eigenvalue weighted by atomic mass is 9.98. The van der Waals surface area contributed by atoms with Gasteiger partial charge in [-0.3, -0.25) is 15.4 Å². The van der Waals surface area contributed by atoms with Crippen molar-refractivity contribution in [2.45, 2.75) is 32.3 Å². The maximum absolute atomic E-state index is 11.7. The number of benzene rings is 1. The number of carbonyl (C=O) groups is 1. The smallest absolute Gasteiger partial charge is 0.412 e. The van der Waals surface area contributed by atoms with Gasteiger partial charge in [0.25, 0.3) is 0 Å². The van der Waals surface area contributed by atoms with E-state index in [0.29, 0.717) is 18.0 Å². The van der Waals surface area contributed by atoms with Gasteiger partial charge in [0.05, 0.1) is 11.2 Å². The highest BCUT2D eigenvalue weighted by Crippen LogP contribution is 2.38. The van der Waals surface area contributed by atoms with Crippen molar-refractivity contribution in [1.29, 1.82) is 0 Å². The number of rotatable bonds is 4. The first-order valence-corrected chi connectivity index (χ1v) is 8.63. The minimum Gasteiger partial charge on any atom is -0.441 e. The zero-order valence-corrected chi connectivity index (χ0v) is 14.6. The van der Waals surface area contributed by atoms with Crippen LogP contribution in [0, 0.1) is 0 Å². The van der Waals surface area contributed by atoms with Gasteiger partial charge in [0.1, 0.15) is 11.8 Å². The second-order valence-corrected chi connectivity index (χ2v) is 6.71. The molecule has 0 radical (unpaired) electrons. The number of aromatic amines is 1. The summed E-state index contributed by atoms with van der Waals surface area (Å²) in [7, 11) is 0. The Bertz CT molecular complexity index is 980. The van der Waals surface area contributed by atoms with E-state index >= 15 is 0 Å². The van der Waals surface area contributed by atoms with Crippen molar-refractivity contribution in [3.05, 3.63) is 41.7 Å². The van der Waals surface area contributed by atoms with Crippen LogP contribution in [0.25, 0.3) is 22.2 Å². The number of amides is 1. The molecule has 1 atom stereocenters. The van der Waals surface area contributed by atoms with E-state index in [1.54, 1.807) is 6.20 Å². The molecule has 1 aliphatic rings. The third kappa shape index (κ3) is 2.80. The molecule has 2 aromatic heterocycles. The predicted octanol–water partition coefficient (Wildman–Crippen LogP) is 3.73. The molecule has 1 aliphatic heterocycles. The van der Waals surface area contributed by atoms with Crippen LogP contribution >= 0.6 is 0 Å². The summed E-state index contributed by atoms with van der Waals surface area (Å²) in [6, 6.07) is 7.81. The van der Waals surface area contributed by atoms with Crippen molar-refractivity contribution >= 4 is 22.7 Å². The molecule has 1 aromatic carbocycles. The Kier molecular flexibility index (Phi) is 4.08. The van der Waals surface area contributed by atoms with Crippen LogP contribution in [0.15, 0.2) is 30.5 Å². The van der Waals surface area contributed by atoms with Crippen LogP contribution in [0.1, 0.15) is 43.5 Å². The highest BCUT2D eigenvalue weighted by Gasteiger charge is 2.27. The van der Waals surface area contributed by atoms with Gasteiger partial charge in [-0.25, -0.2) is 4.79 Å². The molecule has 0 bridgehead atoms. The van der Waals surface area contributed by atoms with Crippen molar-refractivity contribution in [2.24, 2.45) is 0 Å². The van der Waals surface area contributed by atoms with Crippen molar-refractivity contribution in [3.8, 4) is 11.3 Å². The fourth-order valence-electron chi connectivity index (χ4n) is 3.25. The summed E-state index contributed by atoms with van der Waals surface area (Å²) >= 11 is 0. The average molecular weight is 352 g/mol. The maximum Gasteiger partial charge on any atom is 0.412 e. The van der Waals surface area contributed by atoms with Crippen LogP contribution in [0.5, 0.6) is 0 Å². The molecule has 0 saturated carbocycles. The van der Waals surface area contributed by atoms with Gasteiger partial charge in [0, 0.05) is 41.4 Å². The Morgan fingerprint density at radius 1 is 1.31 bits per heavy atom. The number of ether oxygens (including phenoxy) is 1. The second kappa shape index (κ2) is 6.42. The first-order chi connectivity index (χ1) is 12.6. The van der Waals surface area contributed by atoms with Crippen molar-refractivity contribution < 1.29 is 14.6 Å². The molecule has 3 heterocycles. The Morgan fingerprint density at radius 3 is 2.92 bits per heavy atom. The molecule has 0 aliphatic carbocycles. The number of aliphatic hydroxyl groups is 1. The lowest BCUT2D eigenvalue weighted by molar-refractivity contribution is 0.0873. The van der Waals surface area contributed by atoms with Gasteiger partial charge in [-0.2, -0.15) is 5.10 Å². The first-order valence-electron chi connectivity index (χ1n) is 8.63. The van der Waals surface area contributed by atoms with Gasteiger partial charge in [-0.1, -0.05) is 13.8 Å². The third-order valence-electron chi connectivity index (χ3n) is 4.60. The van der Waals surface area contributed by atoms with E-state index in [4.69, 9.17) is 4.74 Å². The van der Waals surface area contributed by atoms with Gasteiger partial charge in [-0.15, -0.1) is 0 Å². The number of pyridine rings is 1. The Hall–Kier alpha value is -2.93. The number of hydrogen-bond donors (Lipinski definition) is 3. The summed E-state index contributed by atoms with van der Waals surface area (Å²) in [5.74, 6) is 0.325. The van der Waals surface area contributed by atoms with Gasteiger partial charge >= 0.3 is 6.09 Å². The zero-order valence-electron chi connectivity index (χ0n) is 14.6. The Balaban J connectivity index is 1.85. The van der Waals surface area contributed by atoms with Crippen LogP contribution in [0.2, 0.25) is 0 Å². The van der Waals surface area contributed by atoms with Crippen molar-refractivity contribution in [1.82, 2.24) is 15.2 Å². The standard InChI is InChI=1S/C19H20N4O3/c1-10(2)14-7-11(3-5-20-14)18-13-8-12-15(9-16(13)22-23-18)21-19(25)26-17(12)4-6-24/h3,5,7-10,17,24H,4,6H2,1-2H3,(H,21,25)(H,22,23). The summed E-state index contributed by atoms with van der Waals surface area (Å²) in [5.41, 5.74) is 5.16. The third-order valence-corrected chi connectivity index (χ3v) is 4.60. The first kappa shape index (κ1) is 16.5. The van der Waals surface area contributed by atoms with E-state index in [9.17, 15) is 9.90 Å². The van der Waals surface area contributed by atoms with E-state index in [2.05, 4.69) is 34.3 Å². The molecule has 0 fully saturated rings. The molecule has 7 nitrogen and oxygen atoms in total. The van der Waals surface area contributed by atoms with Gasteiger partial charge < -0.3 is 9.84 Å². The van der Waals surface area contributed by atoms with E-state index < -0.39 is 12.2 Å². The molecule has 0 spiro atoms. The highest BCUT2D eigenvalue weighted by molar-refractivity contribution is 5.98. The molecule has 0 saturated heterocycles. The minimum absolute atomic E-state index is 0.0598. The molecule has 1 amide bonds. The Morgan fingerprint density at radius 2 is 2.15 bits per heavy atom. The summed E-state index contributed by atoms with van der Waals surface area (Å²) < 4.78 is 5.32. The monoisotopic (exact) mass is 352 g/mol. The van der Waals surface area contributed by atoms with E-state index in [1.165, 1.54) is 0 Å². The van der Waals surface area contributed by atoms with Gasteiger partial charge in [0.2, 0.25) is 0 Å². The van der Waals surface area contributed by atoms with Crippen LogP contribution < -0.4 is 5.32 Å². The quantitative estimate of drug-likeness (QED) is 0.664. The molecule has 4 rings (SSSR count). The number of cyclic esters (lactones) is 1.